The van der Waals surface area contributed by atoms with Crippen molar-refractivity contribution in [2.45, 2.75) is 36.9 Å². The maximum Gasteiger partial charge on any atom is 0.407 e. The zero-order valence-corrected chi connectivity index (χ0v) is 22.5. The Morgan fingerprint density at radius 3 is 2.20 bits per heavy atom. The van der Waals surface area contributed by atoms with E-state index in [2.05, 4.69) is 5.32 Å². The van der Waals surface area contributed by atoms with Crippen molar-refractivity contribution in [1.82, 2.24) is 15.1 Å². The minimum atomic E-state index is -3.34. The lowest BCUT2D eigenvalue weighted by Gasteiger charge is -2.29. The molecule has 0 spiro atoms. The van der Waals surface area contributed by atoms with Gasteiger partial charge in [0.15, 0.2) is 0 Å². The van der Waals surface area contributed by atoms with E-state index in [1.54, 1.807) is 11.9 Å². The van der Waals surface area contributed by atoms with E-state index in [1.165, 1.54) is 0 Å². The van der Waals surface area contributed by atoms with E-state index in [0.29, 0.717) is 11.4 Å². The van der Waals surface area contributed by atoms with Gasteiger partial charge in [-0.1, -0.05) is 78.9 Å². The normalized spacial score (nSPS) is 18.0. The number of fused-ring (bicyclic) bond motifs is 3. The zero-order valence-electron chi connectivity index (χ0n) is 22.5. The molecule has 2 atom stereocenters. The van der Waals surface area contributed by atoms with Gasteiger partial charge in [-0.05, 0) is 34.9 Å². The maximum absolute atomic E-state index is 14.2. The number of hydrogen-bond acceptors (Lipinski definition) is 5. The van der Waals surface area contributed by atoms with Crippen molar-refractivity contribution >= 4 is 18.0 Å². The summed E-state index contributed by atoms with van der Waals surface area (Å²) in [6.45, 7) is -0.671. The summed E-state index contributed by atoms with van der Waals surface area (Å²) in [4.78, 5) is 40.7. The highest BCUT2D eigenvalue weighted by atomic mass is 19.3. The molecule has 1 fully saturated rings. The first-order chi connectivity index (χ1) is 19.6. The fraction of sp³-hybridized carbons (Fsp3) is 0.323. The third-order valence-electron chi connectivity index (χ3n) is 7.56. The molecule has 0 radical (unpaired) electrons. The lowest BCUT2D eigenvalue weighted by molar-refractivity contribution is -0.149. The number of likely N-dealkylation sites (N-methyl/N-ethyl adjacent to an activating group) is 1. The van der Waals surface area contributed by atoms with Crippen LogP contribution in [0.4, 0.5) is 13.6 Å². The van der Waals surface area contributed by atoms with Crippen LogP contribution in [-0.4, -0.2) is 77.6 Å². The molecule has 0 saturated carbocycles. The number of nitrogens with zero attached hydrogens (tertiary/aromatic N) is 2. The molecule has 3 aromatic carbocycles. The summed E-state index contributed by atoms with van der Waals surface area (Å²) in [6.07, 6.45) is -1.87. The summed E-state index contributed by atoms with van der Waals surface area (Å²) in [5.41, 5.74) is 5.09. The van der Waals surface area contributed by atoms with E-state index in [-0.39, 0.29) is 19.1 Å². The van der Waals surface area contributed by atoms with Crippen LogP contribution in [0.25, 0.3) is 11.1 Å². The van der Waals surface area contributed by atoms with Gasteiger partial charge < -0.3 is 20.1 Å². The topological polar surface area (TPSA) is 99.2 Å². The summed E-state index contributed by atoms with van der Waals surface area (Å²) in [7, 11) is 1.72. The maximum atomic E-state index is 14.2. The highest BCUT2D eigenvalue weighted by molar-refractivity contribution is 5.90. The summed E-state index contributed by atoms with van der Waals surface area (Å²) in [6, 6.07) is 22.1. The molecule has 0 bridgehead atoms. The number of alkyl carbamates (subject to hydrolysis) is 1. The van der Waals surface area contributed by atoms with E-state index in [4.69, 9.17) is 4.74 Å². The molecule has 8 nitrogen and oxygen atoms in total. The van der Waals surface area contributed by atoms with E-state index >= 15 is 0 Å². The van der Waals surface area contributed by atoms with Gasteiger partial charge in [0.05, 0.1) is 6.54 Å². The minimum absolute atomic E-state index is 0.000160. The van der Waals surface area contributed by atoms with Crippen molar-refractivity contribution in [3.63, 3.8) is 0 Å². The van der Waals surface area contributed by atoms with Crippen molar-refractivity contribution in [2.24, 2.45) is 0 Å². The number of nitrogens with one attached hydrogen (secondary N) is 1. The van der Waals surface area contributed by atoms with Gasteiger partial charge in [0.2, 0.25) is 5.91 Å². The summed E-state index contributed by atoms with van der Waals surface area (Å²) >= 11 is 0. The van der Waals surface area contributed by atoms with Gasteiger partial charge in [-0.3, -0.25) is 9.69 Å². The highest BCUT2D eigenvalue weighted by Gasteiger charge is 2.51. The highest BCUT2D eigenvalue weighted by Crippen LogP contribution is 2.44. The van der Waals surface area contributed by atoms with Gasteiger partial charge in [0, 0.05) is 25.4 Å². The van der Waals surface area contributed by atoms with Crippen LogP contribution in [0.15, 0.2) is 78.9 Å². The van der Waals surface area contributed by atoms with Gasteiger partial charge in [0.1, 0.15) is 18.7 Å². The average Bonchev–Trinajstić information content (AvgIpc) is 3.45. The van der Waals surface area contributed by atoms with Crippen molar-refractivity contribution in [3.05, 3.63) is 95.6 Å². The number of amides is 2. The molecule has 5 rings (SSSR count). The van der Waals surface area contributed by atoms with Crippen LogP contribution in [0.5, 0.6) is 0 Å². The van der Waals surface area contributed by atoms with Crippen molar-refractivity contribution in [1.29, 1.82) is 0 Å². The average molecular weight is 564 g/mol. The second-order valence-corrected chi connectivity index (χ2v) is 10.6. The lowest BCUT2D eigenvalue weighted by Crippen LogP contribution is -2.55. The molecule has 0 aromatic heterocycles. The van der Waals surface area contributed by atoms with Crippen LogP contribution in [0, 0.1) is 0 Å². The number of carboxylic acids is 1. The molecule has 1 saturated heterocycles. The number of benzene rings is 3. The Morgan fingerprint density at radius 1 is 1.00 bits per heavy atom. The Labute approximate surface area is 236 Å². The SMILES string of the molecule is CN(Cc1ccccc1)CC(NC(=O)OCC1c2ccccc2-c2ccccc21)C(=O)N1CC(F)(F)C[C@H]1C(=O)O. The van der Waals surface area contributed by atoms with E-state index in [1.807, 2.05) is 78.9 Å². The first-order valence-electron chi connectivity index (χ1n) is 13.4. The minimum Gasteiger partial charge on any atom is -0.480 e. The number of alkyl halides is 2. The number of ether oxygens (including phenoxy) is 1. The van der Waals surface area contributed by atoms with Crippen LogP contribution in [0.1, 0.15) is 29.0 Å². The Kier molecular flexibility index (Phi) is 8.03. The third kappa shape index (κ3) is 6.22. The monoisotopic (exact) mass is 563 g/mol. The number of carbonyl (C=O) groups is 3. The summed E-state index contributed by atoms with van der Waals surface area (Å²) < 4.78 is 34.0. The van der Waals surface area contributed by atoms with Crippen LogP contribution >= 0.6 is 0 Å². The largest absolute Gasteiger partial charge is 0.480 e. The predicted octanol–water partition coefficient (Wildman–Crippen LogP) is 4.35. The number of carbonyl (C=O) groups excluding carboxylic acids is 2. The molecular weight excluding hydrogens is 532 g/mol. The Hall–Kier alpha value is -4.31. The van der Waals surface area contributed by atoms with Gasteiger partial charge in [0.25, 0.3) is 5.92 Å². The smallest absolute Gasteiger partial charge is 0.407 e. The summed E-state index contributed by atoms with van der Waals surface area (Å²) in [5.74, 6) is -5.98. The quantitative estimate of drug-likeness (QED) is 0.402. The summed E-state index contributed by atoms with van der Waals surface area (Å²) in [5, 5.41) is 12.1. The predicted molar refractivity (Wildman–Crippen MR) is 147 cm³/mol. The first-order valence-corrected chi connectivity index (χ1v) is 13.4. The number of rotatable bonds is 9. The first kappa shape index (κ1) is 28.2. The van der Waals surface area contributed by atoms with Gasteiger partial charge >= 0.3 is 12.1 Å². The van der Waals surface area contributed by atoms with Crippen LogP contribution in [0.3, 0.4) is 0 Å². The van der Waals surface area contributed by atoms with Crippen LogP contribution < -0.4 is 5.32 Å². The molecule has 3 aromatic rings. The second kappa shape index (κ2) is 11.7. The van der Waals surface area contributed by atoms with Crippen molar-refractivity contribution < 1.29 is 33.0 Å². The molecule has 1 heterocycles. The van der Waals surface area contributed by atoms with E-state index in [9.17, 15) is 28.3 Å². The van der Waals surface area contributed by atoms with Crippen molar-refractivity contribution in [2.75, 3.05) is 26.7 Å². The lowest BCUT2D eigenvalue weighted by atomic mass is 9.98. The molecule has 41 heavy (non-hydrogen) atoms. The molecule has 214 valence electrons. The Bertz CT molecular complexity index is 1390. The number of likely N-dealkylation sites (tertiary alicyclic amines) is 1. The number of carboxylic acid groups (broad SMARTS) is 1. The van der Waals surface area contributed by atoms with E-state index < -0.39 is 48.9 Å². The number of hydrogen-bond donors (Lipinski definition) is 2. The van der Waals surface area contributed by atoms with Gasteiger partial charge in [-0.15, -0.1) is 0 Å². The van der Waals surface area contributed by atoms with E-state index in [0.717, 1.165) is 27.8 Å². The Balaban J connectivity index is 1.31. The molecule has 1 aliphatic carbocycles. The number of aliphatic carboxylic acids is 1. The number of halogens is 2. The van der Waals surface area contributed by atoms with Crippen LogP contribution in [0.2, 0.25) is 0 Å². The Morgan fingerprint density at radius 2 is 1.59 bits per heavy atom. The molecule has 1 aliphatic heterocycles. The molecule has 10 heteroatoms. The fourth-order valence-corrected chi connectivity index (χ4v) is 5.71. The van der Waals surface area contributed by atoms with Crippen molar-refractivity contribution in [3.8, 4) is 11.1 Å². The third-order valence-corrected chi connectivity index (χ3v) is 7.56. The van der Waals surface area contributed by atoms with Crippen LogP contribution in [-0.2, 0) is 20.9 Å². The van der Waals surface area contributed by atoms with Gasteiger partial charge in [-0.25, -0.2) is 18.4 Å². The molecule has 2 amide bonds. The van der Waals surface area contributed by atoms with Gasteiger partial charge in [-0.2, -0.15) is 0 Å². The second-order valence-electron chi connectivity index (χ2n) is 10.6. The molecule has 2 N–H and O–H groups in total. The zero-order chi connectivity index (χ0) is 29.1. The molecule has 2 aliphatic rings. The molecule has 1 unspecified atom stereocenters. The molecular formula is C31H31F2N3O5. The fourth-order valence-electron chi connectivity index (χ4n) is 5.71. The standard InChI is InChI=1S/C31H31F2N3O5/c1-35(16-20-9-3-2-4-10-20)17-26(28(37)36-19-31(32,33)15-27(36)29(38)39)34-30(40)41-18-25-23-13-7-5-11-21(23)22-12-6-8-14-24(22)25/h2-14,25-27H,15-19H2,1H3,(H,34,40)(H,38,39)/t26?,27-/m0/s1.